The molecule has 0 bridgehead atoms. The molecule has 0 heterocycles. The zero-order valence-corrected chi connectivity index (χ0v) is 7.25. The van der Waals surface area contributed by atoms with Gasteiger partial charge in [-0.3, -0.25) is 10.1 Å². The molecule has 7 heteroatoms. The van der Waals surface area contributed by atoms with E-state index in [1.54, 1.807) is 0 Å². The van der Waals surface area contributed by atoms with E-state index in [-0.39, 0.29) is 17.1 Å². The molecule has 0 saturated heterocycles. The molecule has 0 amide bonds. The van der Waals surface area contributed by atoms with Gasteiger partial charge in [0.1, 0.15) is 0 Å². The standard InChI is InChI=1S/C7H6N4O3/c1-14-7-3-2-5(9-10-8)4-6(7)11(12)13/h2-4H,1H3. The Morgan fingerprint density at radius 3 is 2.86 bits per heavy atom. The van der Waals surface area contributed by atoms with Crippen LogP contribution in [-0.2, 0) is 0 Å². The van der Waals surface area contributed by atoms with E-state index in [2.05, 4.69) is 10.0 Å². The highest BCUT2D eigenvalue weighted by molar-refractivity contribution is 5.55. The molecule has 1 aromatic rings. The fourth-order valence-corrected chi connectivity index (χ4v) is 0.935. The quantitative estimate of drug-likeness (QED) is 0.243. The lowest BCUT2D eigenvalue weighted by Gasteiger charge is -2.00. The normalized spacial score (nSPS) is 8.93. The Kier molecular flexibility index (Phi) is 2.88. The second-order valence-electron chi connectivity index (χ2n) is 2.30. The number of hydrogen-bond acceptors (Lipinski definition) is 4. The minimum Gasteiger partial charge on any atom is -0.490 e. The highest BCUT2D eigenvalue weighted by Crippen LogP contribution is 2.30. The predicted molar refractivity (Wildman–Crippen MR) is 48.5 cm³/mol. The Morgan fingerprint density at radius 1 is 1.64 bits per heavy atom. The summed E-state index contributed by atoms with van der Waals surface area (Å²) in [6.07, 6.45) is 0. The van der Waals surface area contributed by atoms with E-state index >= 15 is 0 Å². The van der Waals surface area contributed by atoms with Gasteiger partial charge in [-0.15, -0.1) is 0 Å². The van der Waals surface area contributed by atoms with Crippen LogP contribution in [-0.4, -0.2) is 12.0 Å². The van der Waals surface area contributed by atoms with E-state index in [1.807, 2.05) is 0 Å². The summed E-state index contributed by atoms with van der Waals surface area (Å²) < 4.78 is 4.76. The van der Waals surface area contributed by atoms with Gasteiger partial charge in [-0.05, 0) is 17.7 Å². The average Bonchev–Trinajstić information content (AvgIpc) is 2.18. The molecule has 0 atom stereocenters. The zero-order valence-electron chi connectivity index (χ0n) is 7.25. The van der Waals surface area contributed by atoms with Crippen LogP contribution in [0.5, 0.6) is 5.75 Å². The molecule has 0 N–H and O–H groups in total. The lowest BCUT2D eigenvalue weighted by molar-refractivity contribution is -0.385. The maximum Gasteiger partial charge on any atom is 0.311 e. The molecule has 72 valence electrons. The summed E-state index contributed by atoms with van der Waals surface area (Å²) in [5, 5.41) is 13.8. The van der Waals surface area contributed by atoms with E-state index in [4.69, 9.17) is 10.3 Å². The minimum absolute atomic E-state index is 0.131. The predicted octanol–water partition coefficient (Wildman–Crippen LogP) is 2.55. The molecule has 7 nitrogen and oxygen atoms in total. The first-order valence-electron chi connectivity index (χ1n) is 3.56. The zero-order chi connectivity index (χ0) is 10.6. The van der Waals surface area contributed by atoms with Crippen LogP contribution in [0.4, 0.5) is 11.4 Å². The SMILES string of the molecule is COc1ccc(N=[N+]=[N-])cc1[N+](=O)[O-]. The van der Waals surface area contributed by atoms with Gasteiger partial charge in [0.15, 0.2) is 5.75 Å². The third kappa shape index (κ3) is 1.90. The van der Waals surface area contributed by atoms with Crippen molar-refractivity contribution in [2.75, 3.05) is 7.11 Å². The van der Waals surface area contributed by atoms with Crippen LogP contribution in [0.1, 0.15) is 0 Å². The monoisotopic (exact) mass is 194 g/mol. The Hall–Kier alpha value is -2.27. The molecule has 0 aliphatic rings. The number of ether oxygens (including phenoxy) is 1. The molecule has 0 fully saturated rings. The first-order chi connectivity index (χ1) is 6.69. The van der Waals surface area contributed by atoms with E-state index in [9.17, 15) is 10.1 Å². The summed E-state index contributed by atoms with van der Waals surface area (Å²) in [4.78, 5) is 12.4. The smallest absolute Gasteiger partial charge is 0.311 e. The van der Waals surface area contributed by atoms with E-state index in [1.165, 1.54) is 19.2 Å². The number of methoxy groups -OCH3 is 1. The van der Waals surface area contributed by atoms with Crippen molar-refractivity contribution >= 4 is 11.4 Å². The van der Waals surface area contributed by atoms with Gasteiger partial charge in [-0.1, -0.05) is 5.11 Å². The molecular formula is C7H6N4O3. The number of hydrogen-bond donors (Lipinski definition) is 0. The molecule has 0 aromatic heterocycles. The van der Waals surface area contributed by atoms with Crippen LogP contribution in [0.15, 0.2) is 23.3 Å². The maximum atomic E-state index is 10.5. The van der Waals surface area contributed by atoms with Crippen molar-refractivity contribution in [3.8, 4) is 5.75 Å². The molecule has 0 aliphatic heterocycles. The van der Waals surface area contributed by atoms with Gasteiger partial charge in [0.2, 0.25) is 0 Å². The van der Waals surface area contributed by atoms with Crippen molar-refractivity contribution in [1.82, 2.24) is 0 Å². The Balaban J connectivity index is 3.27. The highest BCUT2D eigenvalue weighted by atomic mass is 16.6. The van der Waals surface area contributed by atoms with Crippen molar-refractivity contribution in [3.05, 3.63) is 38.8 Å². The second kappa shape index (κ2) is 4.11. The fourth-order valence-electron chi connectivity index (χ4n) is 0.935. The van der Waals surface area contributed by atoms with Gasteiger partial charge in [0.05, 0.1) is 12.0 Å². The lowest BCUT2D eigenvalue weighted by atomic mass is 10.2. The molecule has 1 rings (SSSR count). The summed E-state index contributed by atoms with van der Waals surface area (Å²) in [5.41, 5.74) is 8.09. The topological polar surface area (TPSA) is 101 Å². The van der Waals surface area contributed by atoms with Crippen molar-refractivity contribution in [1.29, 1.82) is 0 Å². The first kappa shape index (κ1) is 9.82. The van der Waals surface area contributed by atoms with Crippen molar-refractivity contribution in [2.45, 2.75) is 0 Å². The summed E-state index contributed by atoms with van der Waals surface area (Å²) in [6, 6.07) is 3.96. The molecule has 0 spiro atoms. The summed E-state index contributed by atoms with van der Waals surface area (Å²) >= 11 is 0. The second-order valence-corrected chi connectivity index (χ2v) is 2.30. The van der Waals surface area contributed by atoms with Crippen LogP contribution < -0.4 is 4.74 Å². The number of benzene rings is 1. The molecule has 0 radical (unpaired) electrons. The van der Waals surface area contributed by atoms with E-state index in [0.29, 0.717) is 0 Å². The third-order valence-corrected chi connectivity index (χ3v) is 1.52. The molecular weight excluding hydrogens is 188 g/mol. The van der Waals surface area contributed by atoms with Crippen molar-refractivity contribution < 1.29 is 9.66 Å². The molecule has 1 aromatic carbocycles. The van der Waals surface area contributed by atoms with E-state index in [0.717, 1.165) is 6.07 Å². The third-order valence-electron chi connectivity index (χ3n) is 1.52. The summed E-state index contributed by atoms with van der Waals surface area (Å²) in [5.74, 6) is 0.131. The average molecular weight is 194 g/mol. The van der Waals surface area contributed by atoms with Crippen LogP contribution in [0.2, 0.25) is 0 Å². The van der Waals surface area contributed by atoms with Crippen LogP contribution in [0.3, 0.4) is 0 Å². The van der Waals surface area contributed by atoms with Gasteiger partial charge in [-0.2, -0.15) is 0 Å². The number of nitro groups is 1. The molecule has 0 unspecified atom stereocenters. The Labute approximate surface area is 78.7 Å². The highest BCUT2D eigenvalue weighted by Gasteiger charge is 2.14. The number of azide groups is 1. The fraction of sp³-hybridized carbons (Fsp3) is 0.143. The van der Waals surface area contributed by atoms with E-state index < -0.39 is 4.92 Å². The Bertz CT molecular complexity index is 411. The van der Waals surface area contributed by atoms with Crippen LogP contribution in [0.25, 0.3) is 10.4 Å². The first-order valence-corrected chi connectivity index (χ1v) is 3.56. The van der Waals surface area contributed by atoms with Gasteiger partial charge >= 0.3 is 5.69 Å². The van der Waals surface area contributed by atoms with Gasteiger partial charge in [0.25, 0.3) is 0 Å². The number of rotatable bonds is 3. The van der Waals surface area contributed by atoms with Gasteiger partial charge < -0.3 is 4.74 Å². The number of nitro benzene ring substituents is 1. The summed E-state index contributed by atoms with van der Waals surface area (Å²) in [6.45, 7) is 0. The van der Waals surface area contributed by atoms with Gasteiger partial charge in [0, 0.05) is 16.7 Å². The van der Waals surface area contributed by atoms with Crippen LogP contribution >= 0.6 is 0 Å². The molecule has 0 saturated carbocycles. The Morgan fingerprint density at radius 2 is 2.36 bits per heavy atom. The van der Waals surface area contributed by atoms with Gasteiger partial charge in [-0.25, -0.2) is 0 Å². The lowest BCUT2D eigenvalue weighted by Crippen LogP contribution is -1.92. The largest absolute Gasteiger partial charge is 0.490 e. The summed E-state index contributed by atoms with van der Waals surface area (Å²) in [7, 11) is 1.33. The maximum absolute atomic E-state index is 10.5. The minimum atomic E-state index is -0.602. The van der Waals surface area contributed by atoms with Crippen LogP contribution in [0, 0.1) is 10.1 Å². The molecule has 14 heavy (non-hydrogen) atoms. The molecule has 0 aliphatic carbocycles. The number of nitrogens with zero attached hydrogens (tertiary/aromatic N) is 4. The van der Waals surface area contributed by atoms with Crippen molar-refractivity contribution in [2.24, 2.45) is 5.11 Å². The van der Waals surface area contributed by atoms with Crippen molar-refractivity contribution in [3.63, 3.8) is 0 Å².